The Morgan fingerprint density at radius 3 is 1.56 bits per heavy atom. The lowest BCUT2D eigenvalue weighted by Crippen LogP contribution is -2.03. The van der Waals surface area contributed by atoms with Gasteiger partial charge in [0.1, 0.15) is 0 Å². The molecule has 0 heterocycles. The molecule has 0 spiro atoms. The fourth-order valence-electron chi connectivity index (χ4n) is 2.79. The van der Waals surface area contributed by atoms with Crippen molar-refractivity contribution in [2.24, 2.45) is 0 Å². The fourth-order valence-corrected chi connectivity index (χ4v) is 4.42. The van der Waals surface area contributed by atoms with Crippen molar-refractivity contribution in [2.75, 3.05) is 6.61 Å². The van der Waals surface area contributed by atoms with Crippen LogP contribution in [0.5, 0.6) is 0 Å². The van der Waals surface area contributed by atoms with Crippen LogP contribution in [0.25, 0.3) is 0 Å². The summed E-state index contributed by atoms with van der Waals surface area (Å²) in [6.45, 7) is 1.94. The third kappa shape index (κ3) is 20.8. The van der Waals surface area contributed by atoms with E-state index in [1.54, 1.807) is 0 Å². The maximum absolute atomic E-state index is 11.2. The molecular weight excluding hydrogens is 394 g/mol. The molecule has 0 saturated carbocycles. The van der Waals surface area contributed by atoms with Crippen LogP contribution >= 0.6 is 15.6 Å². The van der Waals surface area contributed by atoms with Crippen LogP contribution in [-0.4, -0.2) is 32.5 Å². The lowest BCUT2D eigenvalue weighted by atomic mass is 10.0. The third-order valence-electron chi connectivity index (χ3n) is 4.37. The number of rotatable bonds is 19. The number of hydrogen-bond donors (Lipinski definition) is 4. The van der Waals surface area contributed by atoms with E-state index in [1.165, 1.54) is 44.9 Å². The fraction of sp³-hybridized carbons (Fsp3) is 1.00. The average Bonchev–Trinajstić information content (AvgIpc) is 2.55. The Morgan fingerprint density at radius 2 is 1.15 bits per heavy atom. The minimum Gasteiger partial charge on any atom is -0.393 e. The first-order valence-corrected chi connectivity index (χ1v) is 13.1. The molecular formula is C17H38O8P2. The summed E-state index contributed by atoms with van der Waals surface area (Å²) < 4.78 is 29.9. The van der Waals surface area contributed by atoms with Crippen molar-refractivity contribution in [3.8, 4) is 0 Å². The van der Waals surface area contributed by atoms with Crippen molar-refractivity contribution in [3.63, 3.8) is 0 Å². The highest BCUT2D eigenvalue weighted by molar-refractivity contribution is 7.60. The van der Waals surface area contributed by atoms with Gasteiger partial charge in [-0.2, -0.15) is 4.31 Å². The van der Waals surface area contributed by atoms with Gasteiger partial charge in [0, 0.05) is 0 Å². The summed E-state index contributed by atoms with van der Waals surface area (Å²) in [4.78, 5) is 26.0. The SMILES string of the molecule is CCC(O)CCCCCCCCCCCCCCOP(=O)(O)OP(=O)(O)O. The van der Waals surface area contributed by atoms with Gasteiger partial charge in [-0.15, -0.1) is 0 Å². The third-order valence-corrected chi connectivity index (χ3v) is 6.55. The summed E-state index contributed by atoms with van der Waals surface area (Å²) >= 11 is 0. The standard InChI is InChI=1S/C17H38O8P2/c1-2-17(18)15-13-11-9-7-5-3-4-6-8-10-12-14-16-24-27(22,23)25-26(19,20)21/h17-18H,2-16H2,1H3,(H,22,23)(H2,19,20,21). The van der Waals surface area contributed by atoms with E-state index < -0.39 is 15.6 Å². The summed E-state index contributed by atoms with van der Waals surface area (Å²) in [6, 6.07) is 0. The molecule has 27 heavy (non-hydrogen) atoms. The Balaban J connectivity index is 3.30. The Morgan fingerprint density at radius 1 is 0.741 bits per heavy atom. The Bertz CT molecular complexity index is 441. The molecule has 0 bridgehead atoms. The van der Waals surface area contributed by atoms with Crippen LogP contribution in [0.2, 0.25) is 0 Å². The quantitative estimate of drug-likeness (QED) is 0.164. The number of unbranched alkanes of at least 4 members (excludes halogenated alkanes) is 11. The van der Waals surface area contributed by atoms with Gasteiger partial charge in [0.05, 0.1) is 12.7 Å². The first-order valence-electron chi connectivity index (χ1n) is 10.1. The van der Waals surface area contributed by atoms with Crippen molar-refractivity contribution >= 4 is 15.6 Å². The molecule has 0 aliphatic carbocycles. The van der Waals surface area contributed by atoms with E-state index in [4.69, 9.17) is 14.7 Å². The summed E-state index contributed by atoms with van der Waals surface area (Å²) in [5, 5.41) is 9.46. The molecule has 0 aliphatic heterocycles. The van der Waals surface area contributed by atoms with Crippen LogP contribution in [-0.2, 0) is 18.0 Å². The molecule has 0 aromatic carbocycles. The van der Waals surface area contributed by atoms with Crippen molar-refractivity contribution < 1.29 is 37.8 Å². The summed E-state index contributed by atoms with van der Waals surface area (Å²) in [7, 11) is -9.71. The summed E-state index contributed by atoms with van der Waals surface area (Å²) in [5.41, 5.74) is 0. The number of aliphatic hydroxyl groups excluding tert-OH is 1. The smallest absolute Gasteiger partial charge is 0.393 e. The predicted octanol–water partition coefficient (Wildman–Crippen LogP) is 5.05. The highest BCUT2D eigenvalue weighted by Crippen LogP contribution is 2.57. The molecule has 164 valence electrons. The van der Waals surface area contributed by atoms with E-state index in [1.807, 2.05) is 6.92 Å². The molecule has 4 N–H and O–H groups in total. The maximum Gasteiger partial charge on any atom is 0.481 e. The normalized spacial score (nSPS) is 15.6. The van der Waals surface area contributed by atoms with E-state index in [0.29, 0.717) is 6.42 Å². The molecule has 0 fully saturated rings. The summed E-state index contributed by atoms with van der Waals surface area (Å²) in [6.07, 6.45) is 14.8. The van der Waals surface area contributed by atoms with Crippen molar-refractivity contribution in [3.05, 3.63) is 0 Å². The molecule has 0 radical (unpaired) electrons. The zero-order valence-electron chi connectivity index (χ0n) is 16.5. The van der Waals surface area contributed by atoms with Gasteiger partial charge >= 0.3 is 15.6 Å². The van der Waals surface area contributed by atoms with Gasteiger partial charge in [-0.3, -0.25) is 4.52 Å². The van der Waals surface area contributed by atoms with E-state index in [0.717, 1.165) is 38.5 Å². The van der Waals surface area contributed by atoms with Crippen LogP contribution in [0.4, 0.5) is 0 Å². The van der Waals surface area contributed by atoms with Gasteiger partial charge < -0.3 is 19.8 Å². The minimum absolute atomic E-state index is 0.0664. The highest BCUT2D eigenvalue weighted by atomic mass is 31.3. The van der Waals surface area contributed by atoms with E-state index in [2.05, 4.69) is 8.83 Å². The predicted molar refractivity (Wildman–Crippen MR) is 105 cm³/mol. The lowest BCUT2D eigenvalue weighted by molar-refractivity contribution is 0.156. The van der Waals surface area contributed by atoms with Crippen molar-refractivity contribution in [2.45, 2.75) is 103 Å². The van der Waals surface area contributed by atoms with Crippen LogP contribution in [0.3, 0.4) is 0 Å². The first-order chi connectivity index (χ1) is 12.7. The molecule has 8 nitrogen and oxygen atoms in total. The van der Waals surface area contributed by atoms with Crippen molar-refractivity contribution in [1.82, 2.24) is 0 Å². The van der Waals surface area contributed by atoms with E-state index in [9.17, 15) is 14.2 Å². The molecule has 0 saturated heterocycles. The number of phosphoric acid groups is 2. The molecule has 0 aromatic heterocycles. The van der Waals surface area contributed by atoms with Gasteiger partial charge in [-0.1, -0.05) is 77.6 Å². The maximum atomic E-state index is 11.2. The number of aliphatic hydroxyl groups is 1. The highest BCUT2D eigenvalue weighted by Gasteiger charge is 2.31. The second kappa shape index (κ2) is 16.1. The van der Waals surface area contributed by atoms with Crippen LogP contribution in [0.1, 0.15) is 96.8 Å². The Hall–Kier alpha value is 0.220. The zero-order valence-corrected chi connectivity index (χ0v) is 18.3. The molecule has 10 heteroatoms. The monoisotopic (exact) mass is 432 g/mol. The Labute approximate surface area is 163 Å². The minimum atomic E-state index is -5.03. The van der Waals surface area contributed by atoms with E-state index in [-0.39, 0.29) is 12.7 Å². The van der Waals surface area contributed by atoms with Gasteiger partial charge in [0.25, 0.3) is 0 Å². The first kappa shape index (κ1) is 27.2. The molecule has 0 amide bonds. The van der Waals surface area contributed by atoms with Gasteiger partial charge in [0.2, 0.25) is 0 Å². The molecule has 0 aromatic rings. The molecule has 2 unspecified atom stereocenters. The zero-order chi connectivity index (χ0) is 20.6. The number of hydrogen-bond acceptors (Lipinski definition) is 5. The second-order valence-electron chi connectivity index (χ2n) is 6.97. The Kier molecular flexibility index (Phi) is 16.2. The van der Waals surface area contributed by atoms with Crippen LogP contribution in [0, 0.1) is 0 Å². The number of phosphoric ester groups is 1. The second-order valence-corrected chi connectivity index (χ2v) is 9.80. The molecule has 2 atom stereocenters. The van der Waals surface area contributed by atoms with Crippen molar-refractivity contribution in [1.29, 1.82) is 0 Å². The average molecular weight is 432 g/mol. The topological polar surface area (TPSA) is 134 Å². The molecule has 0 rings (SSSR count). The van der Waals surface area contributed by atoms with E-state index >= 15 is 0 Å². The van der Waals surface area contributed by atoms with Gasteiger partial charge in [-0.05, 0) is 19.3 Å². The summed E-state index contributed by atoms with van der Waals surface area (Å²) in [5.74, 6) is 0. The van der Waals surface area contributed by atoms with Gasteiger partial charge in [0.15, 0.2) is 0 Å². The van der Waals surface area contributed by atoms with Crippen LogP contribution in [0.15, 0.2) is 0 Å². The van der Waals surface area contributed by atoms with Crippen LogP contribution < -0.4 is 0 Å². The van der Waals surface area contributed by atoms with Gasteiger partial charge in [-0.25, -0.2) is 9.13 Å². The largest absolute Gasteiger partial charge is 0.481 e. The lowest BCUT2D eigenvalue weighted by Gasteiger charge is -2.12. The molecule has 0 aliphatic rings.